The summed E-state index contributed by atoms with van der Waals surface area (Å²) in [6.07, 6.45) is 1.45. The van der Waals surface area contributed by atoms with Gasteiger partial charge in [0.15, 0.2) is 0 Å². The maximum Gasteiger partial charge on any atom is 0.146 e. The minimum Gasteiger partial charge on any atom is -0.393 e. The maximum atomic E-state index is 11.0. The summed E-state index contributed by atoms with van der Waals surface area (Å²) in [4.78, 5) is 13.2. The number of carbonyl (C=O) groups is 1. The fourth-order valence-electron chi connectivity index (χ4n) is 1.53. The Balaban J connectivity index is 0.000000791. The summed E-state index contributed by atoms with van der Waals surface area (Å²) >= 11 is 0. The molecule has 3 nitrogen and oxygen atoms in total. The smallest absolute Gasteiger partial charge is 0.146 e. The van der Waals surface area contributed by atoms with Crippen molar-refractivity contribution in [2.24, 2.45) is 0 Å². The van der Waals surface area contributed by atoms with Crippen LogP contribution in [0, 0.1) is 0 Å². The molecule has 0 spiro atoms. The minimum absolute atomic E-state index is 0.0255. The Morgan fingerprint density at radius 3 is 2.14 bits per heavy atom. The first kappa shape index (κ1) is 13.6. The molecule has 0 aliphatic carbocycles. The monoisotopic (exact) mass is 201 g/mol. The molecule has 1 fully saturated rings. The van der Waals surface area contributed by atoms with E-state index in [0.717, 1.165) is 25.9 Å². The lowest BCUT2D eigenvalue weighted by atomic mass is 10.1. The number of aliphatic hydroxyl groups is 1. The number of nitrogens with zero attached hydrogens (tertiary/aromatic N) is 1. The van der Waals surface area contributed by atoms with Crippen molar-refractivity contribution in [3.05, 3.63) is 0 Å². The van der Waals surface area contributed by atoms with E-state index in [0.29, 0.717) is 0 Å². The lowest BCUT2D eigenvalue weighted by molar-refractivity contribution is -0.122. The fraction of sp³-hybridized carbons (Fsp3) is 0.909. The molecule has 0 amide bonds. The molecule has 1 aliphatic heterocycles. The lowest BCUT2D eigenvalue weighted by Crippen LogP contribution is -2.44. The fourth-order valence-corrected chi connectivity index (χ4v) is 1.53. The summed E-state index contributed by atoms with van der Waals surface area (Å²) in [6.45, 7) is 9.25. The van der Waals surface area contributed by atoms with Gasteiger partial charge < -0.3 is 5.11 Å². The lowest BCUT2D eigenvalue weighted by Gasteiger charge is -2.32. The van der Waals surface area contributed by atoms with Crippen molar-refractivity contribution >= 4 is 5.78 Å². The number of ketones is 1. The molecule has 14 heavy (non-hydrogen) atoms. The highest BCUT2D eigenvalue weighted by molar-refractivity contribution is 5.80. The van der Waals surface area contributed by atoms with Crippen LogP contribution in [0.25, 0.3) is 0 Å². The SMILES string of the molecule is CC.CC(=O)C(C)N1CCC(O)CC1. The highest BCUT2D eigenvalue weighted by Crippen LogP contribution is 2.12. The van der Waals surface area contributed by atoms with Crippen LogP contribution < -0.4 is 0 Å². The van der Waals surface area contributed by atoms with Gasteiger partial charge in [0.2, 0.25) is 0 Å². The number of Topliss-reactive ketones (excluding diaryl/α,β-unsaturated/α-hetero) is 1. The van der Waals surface area contributed by atoms with Crippen molar-refractivity contribution in [1.82, 2.24) is 4.90 Å². The Bertz CT molecular complexity index is 163. The van der Waals surface area contributed by atoms with Gasteiger partial charge in [-0.3, -0.25) is 9.69 Å². The number of likely N-dealkylation sites (tertiary alicyclic amines) is 1. The molecule has 1 aliphatic rings. The van der Waals surface area contributed by atoms with Crippen LogP contribution in [-0.4, -0.2) is 41.0 Å². The van der Waals surface area contributed by atoms with Gasteiger partial charge in [-0.25, -0.2) is 0 Å². The first-order valence-corrected chi connectivity index (χ1v) is 5.54. The summed E-state index contributed by atoms with van der Waals surface area (Å²) in [5, 5.41) is 9.24. The number of hydrogen-bond acceptors (Lipinski definition) is 3. The van der Waals surface area contributed by atoms with Crippen molar-refractivity contribution in [3.63, 3.8) is 0 Å². The van der Waals surface area contributed by atoms with Gasteiger partial charge in [0.05, 0.1) is 12.1 Å². The van der Waals surface area contributed by atoms with Gasteiger partial charge in [-0.15, -0.1) is 0 Å². The zero-order valence-electron chi connectivity index (χ0n) is 9.79. The number of hydrogen-bond donors (Lipinski definition) is 1. The highest BCUT2D eigenvalue weighted by Gasteiger charge is 2.23. The Hall–Kier alpha value is -0.410. The summed E-state index contributed by atoms with van der Waals surface area (Å²) in [5.41, 5.74) is 0. The third-order valence-electron chi connectivity index (χ3n) is 2.64. The van der Waals surface area contributed by atoms with Crippen LogP contribution in [0.5, 0.6) is 0 Å². The van der Waals surface area contributed by atoms with Crippen LogP contribution >= 0.6 is 0 Å². The van der Waals surface area contributed by atoms with E-state index in [1.54, 1.807) is 6.92 Å². The molecule has 1 saturated heterocycles. The van der Waals surface area contributed by atoms with Crippen molar-refractivity contribution < 1.29 is 9.90 Å². The molecule has 0 bridgehead atoms. The molecule has 1 heterocycles. The van der Waals surface area contributed by atoms with Gasteiger partial charge in [-0.2, -0.15) is 0 Å². The topological polar surface area (TPSA) is 40.5 Å². The maximum absolute atomic E-state index is 11.0. The van der Waals surface area contributed by atoms with Crippen molar-refractivity contribution in [2.75, 3.05) is 13.1 Å². The van der Waals surface area contributed by atoms with E-state index in [4.69, 9.17) is 0 Å². The third kappa shape index (κ3) is 4.20. The van der Waals surface area contributed by atoms with Crippen LogP contribution in [0.3, 0.4) is 0 Å². The van der Waals surface area contributed by atoms with Crippen molar-refractivity contribution in [2.45, 2.75) is 52.7 Å². The van der Waals surface area contributed by atoms with Gasteiger partial charge >= 0.3 is 0 Å². The molecular weight excluding hydrogens is 178 g/mol. The number of rotatable bonds is 2. The van der Waals surface area contributed by atoms with Crippen molar-refractivity contribution in [3.8, 4) is 0 Å². The van der Waals surface area contributed by atoms with E-state index in [-0.39, 0.29) is 17.9 Å². The highest BCUT2D eigenvalue weighted by atomic mass is 16.3. The second-order valence-electron chi connectivity index (χ2n) is 3.55. The quantitative estimate of drug-likeness (QED) is 0.735. The molecule has 0 saturated carbocycles. The average molecular weight is 201 g/mol. The van der Waals surface area contributed by atoms with E-state index in [1.165, 1.54) is 0 Å². The molecule has 0 aromatic carbocycles. The summed E-state index contributed by atoms with van der Waals surface area (Å²) in [6, 6.07) is 0.0255. The number of carbonyl (C=O) groups excluding carboxylic acids is 1. The first-order valence-electron chi connectivity index (χ1n) is 5.54. The van der Waals surface area contributed by atoms with E-state index < -0.39 is 0 Å². The molecule has 0 aromatic heterocycles. The third-order valence-corrected chi connectivity index (χ3v) is 2.64. The predicted octanol–water partition coefficient (Wildman–Crippen LogP) is 1.45. The predicted molar refractivity (Wildman–Crippen MR) is 58.3 cm³/mol. The van der Waals surface area contributed by atoms with Gasteiger partial charge in [-0.05, 0) is 26.7 Å². The minimum atomic E-state index is -0.152. The van der Waals surface area contributed by atoms with Crippen LogP contribution in [0.2, 0.25) is 0 Å². The Morgan fingerprint density at radius 2 is 1.79 bits per heavy atom. The summed E-state index contributed by atoms with van der Waals surface area (Å²) < 4.78 is 0. The molecule has 0 aromatic rings. The second kappa shape index (κ2) is 6.96. The first-order chi connectivity index (χ1) is 6.61. The Morgan fingerprint density at radius 1 is 1.36 bits per heavy atom. The molecule has 1 N–H and O–H groups in total. The van der Waals surface area contributed by atoms with E-state index in [2.05, 4.69) is 4.90 Å². The van der Waals surface area contributed by atoms with E-state index in [9.17, 15) is 9.90 Å². The average Bonchev–Trinajstić information content (AvgIpc) is 2.21. The molecule has 1 rings (SSSR count). The molecule has 1 atom stereocenters. The zero-order chi connectivity index (χ0) is 11.1. The molecule has 1 unspecified atom stereocenters. The van der Waals surface area contributed by atoms with Gasteiger partial charge in [-0.1, -0.05) is 13.8 Å². The zero-order valence-corrected chi connectivity index (χ0v) is 9.79. The summed E-state index contributed by atoms with van der Waals surface area (Å²) in [5.74, 6) is 0.214. The normalized spacial score (nSPS) is 20.9. The van der Waals surface area contributed by atoms with E-state index in [1.807, 2.05) is 20.8 Å². The number of piperidine rings is 1. The van der Waals surface area contributed by atoms with Crippen LogP contribution in [-0.2, 0) is 4.79 Å². The number of aliphatic hydroxyl groups excluding tert-OH is 1. The summed E-state index contributed by atoms with van der Waals surface area (Å²) in [7, 11) is 0. The standard InChI is InChI=1S/C9H17NO2.C2H6/c1-7(8(2)11)10-5-3-9(12)4-6-10;1-2/h7,9,12H,3-6H2,1-2H3;1-2H3. The molecule has 0 radical (unpaired) electrons. The molecular formula is C11H23NO2. The van der Waals surface area contributed by atoms with Crippen LogP contribution in [0.4, 0.5) is 0 Å². The van der Waals surface area contributed by atoms with Crippen LogP contribution in [0.1, 0.15) is 40.5 Å². The van der Waals surface area contributed by atoms with Gasteiger partial charge in [0, 0.05) is 13.1 Å². The van der Waals surface area contributed by atoms with Gasteiger partial charge in [0.25, 0.3) is 0 Å². The van der Waals surface area contributed by atoms with Crippen molar-refractivity contribution in [1.29, 1.82) is 0 Å². The molecule has 84 valence electrons. The Labute approximate surface area is 87.1 Å². The Kier molecular flexibility index (Phi) is 6.75. The van der Waals surface area contributed by atoms with Crippen LogP contribution in [0.15, 0.2) is 0 Å². The van der Waals surface area contributed by atoms with Gasteiger partial charge in [0.1, 0.15) is 5.78 Å². The second-order valence-corrected chi connectivity index (χ2v) is 3.55. The van der Waals surface area contributed by atoms with E-state index >= 15 is 0 Å². The largest absolute Gasteiger partial charge is 0.393 e. The molecule has 3 heteroatoms.